The number of rotatable bonds is 6. The van der Waals surface area contributed by atoms with Crippen LogP contribution in [0.2, 0.25) is 0 Å². The van der Waals surface area contributed by atoms with E-state index >= 15 is 0 Å². The Balaban J connectivity index is 2.72. The molecule has 0 aliphatic rings. The first-order chi connectivity index (χ1) is 8.06. The van der Waals surface area contributed by atoms with Crippen molar-refractivity contribution < 1.29 is 9.66 Å². The fraction of sp³-hybridized carbons (Fsp3) is 0.545. The van der Waals surface area contributed by atoms with Gasteiger partial charge >= 0.3 is 0 Å². The van der Waals surface area contributed by atoms with E-state index < -0.39 is 4.92 Å². The van der Waals surface area contributed by atoms with E-state index in [-0.39, 0.29) is 5.69 Å². The Labute approximate surface area is 100 Å². The summed E-state index contributed by atoms with van der Waals surface area (Å²) in [6, 6.07) is 3.13. The number of ether oxygens (including phenoxy) is 1. The molecule has 0 aliphatic heterocycles. The lowest BCUT2D eigenvalue weighted by Gasteiger charge is -2.18. The highest BCUT2D eigenvalue weighted by Crippen LogP contribution is 2.19. The molecular weight excluding hydrogens is 222 g/mol. The number of pyridine rings is 1. The third-order valence-corrected chi connectivity index (χ3v) is 2.41. The van der Waals surface area contributed by atoms with Gasteiger partial charge in [-0.25, -0.2) is 4.98 Å². The highest BCUT2D eigenvalue weighted by atomic mass is 16.6. The van der Waals surface area contributed by atoms with Crippen LogP contribution >= 0.6 is 0 Å². The first-order valence-electron chi connectivity index (χ1n) is 5.47. The molecule has 1 heterocycles. The minimum absolute atomic E-state index is 0.0481. The van der Waals surface area contributed by atoms with Gasteiger partial charge < -0.3 is 9.64 Å². The van der Waals surface area contributed by atoms with E-state index in [0.29, 0.717) is 31.3 Å². The fourth-order valence-electron chi connectivity index (χ4n) is 1.41. The quantitative estimate of drug-likeness (QED) is 0.430. The molecule has 0 aromatic carbocycles. The molecule has 1 aromatic rings. The summed E-state index contributed by atoms with van der Waals surface area (Å²) < 4.78 is 5.24. The van der Waals surface area contributed by atoms with Crippen LogP contribution in [0.1, 0.15) is 12.6 Å². The van der Waals surface area contributed by atoms with Crippen molar-refractivity contribution in [3.8, 4) is 0 Å². The zero-order chi connectivity index (χ0) is 12.8. The molecule has 17 heavy (non-hydrogen) atoms. The maximum absolute atomic E-state index is 10.6. The Kier molecular flexibility index (Phi) is 4.84. The van der Waals surface area contributed by atoms with Crippen molar-refractivity contribution in [3.05, 3.63) is 27.9 Å². The summed E-state index contributed by atoms with van der Waals surface area (Å²) in [5, 5.41) is 10.6. The third-order valence-electron chi connectivity index (χ3n) is 2.41. The van der Waals surface area contributed by atoms with Gasteiger partial charge in [-0.15, -0.1) is 0 Å². The van der Waals surface area contributed by atoms with Gasteiger partial charge in [-0.2, -0.15) is 0 Å². The van der Waals surface area contributed by atoms with Crippen molar-refractivity contribution in [1.82, 2.24) is 4.98 Å². The number of hydrogen-bond acceptors (Lipinski definition) is 5. The number of aromatic nitrogens is 1. The Bertz CT molecular complexity index is 396. The van der Waals surface area contributed by atoms with Crippen molar-refractivity contribution in [2.24, 2.45) is 0 Å². The van der Waals surface area contributed by atoms with Crippen LogP contribution in [0.5, 0.6) is 0 Å². The summed E-state index contributed by atoms with van der Waals surface area (Å²) in [5.41, 5.74) is 0.475. The second kappa shape index (κ2) is 6.15. The summed E-state index contributed by atoms with van der Waals surface area (Å²) in [6.07, 6.45) is 0. The molecule has 0 amide bonds. The Morgan fingerprint density at radius 2 is 2.24 bits per heavy atom. The Morgan fingerprint density at radius 3 is 2.76 bits per heavy atom. The lowest BCUT2D eigenvalue weighted by molar-refractivity contribution is -0.385. The second-order valence-electron chi connectivity index (χ2n) is 3.65. The maximum Gasteiger partial charge on any atom is 0.290 e. The lowest BCUT2D eigenvalue weighted by Crippen LogP contribution is -2.23. The van der Waals surface area contributed by atoms with Crippen LogP contribution in [0.25, 0.3) is 0 Å². The van der Waals surface area contributed by atoms with Crippen molar-refractivity contribution in [1.29, 1.82) is 0 Å². The number of anilines is 1. The first kappa shape index (κ1) is 13.4. The molecule has 0 N–H and O–H groups in total. The van der Waals surface area contributed by atoms with Gasteiger partial charge in [0.05, 0.1) is 11.5 Å². The van der Waals surface area contributed by atoms with Crippen LogP contribution in [-0.4, -0.2) is 36.7 Å². The molecule has 94 valence electrons. The average molecular weight is 239 g/mol. The number of nitrogens with zero attached hydrogens (tertiary/aromatic N) is 3. The highest BCUT2D eigenvalue weighted by Gasteiger charge is 2.13. The van der Waals surface area contributed by atoms with E-state index in [9.17, 15) is 10.1 Å². The van der Waals surface area contributed by atoms with Gasteiger partial charge in [0.15, 0.2) is 0 Å². The monoisotopic (exact) mass is 239 g/mol. The van der Waals surface area contributed by atoms with E-state index in [1.807, 2.05) is 18.9 Å². The summed E-state index contributed by atoms with van der Waals surface area (Å²) in [6.45, 7) is 5.58. The standard InChI is InChI=1S/C11H17N3O3/c1-4-17-8-7-13(3)11-6-5-10(14(15)16)9(2)12-11/h5-6H,4,7-8H2,1-3H3. The van der Waals surface area contributed by atoms with Crippen LogP contribution < -0.4 is 4.90 Å². The van der Waals surface area contributed by atoms with Gasteiger partial charge in [0.2, 0.25) is 0 Å². The molecular formula is C11H17N3O3. The normalized spacial score (nSPS) is 10.3. The van der Waals surface area contributed by atoms with Gasteiger partial charge in [-0.05, 0) is 19.9 Å². The van der Waals surface area contributed by atoms with E-state index in [4.69, 9.17) is 4.74 Å². The molecule has 6 heteroatoms. The van der Waals surface area contributed by atoms with Gasteiger partial charge in [-0.1, -0.05) is 0 Å². The molecule has 0 fully saturated rings. The average Bonchev–Trinajstić information content (AvgIpc) is 2.28. The smallest absolute Gasteiger partial charge is 0.290 e. The maximum atomic E-state index is 10.6. The minimum atomic E-state index is -0.424. The van der Waals surface area contributed by atoms with E-state index in [0.717, 1.165) is 0 Å². The topological polar surface area (TPSA) is 68.5 Å². The third kappa shape index (κ3) is 3.67. The number of nitro groups is 1. The molecule has 1 rings (SSSR count). The van der Waals surface area contributed by atoms with Crippen LogP contribution in [0.4, 0.5) is 11.5 Å². The van der Waals surface area contributed by atoms with Crippen LogP contribution in [0.15, 0.2) is 12.1 Å². The molecule has 0 unspecified atom stereocenters. The summed E-state index contributed by atoms with van der Waals surface area (Å²) in [5.74, 6) is 0.716. The molecule has 0 saturated heterocycles. The van der Waals surface area contributed by atoms with Crippen molar-refractivity contribution in [2.45, 2.75) is 13.8 Å². The second-order valence-corrected chi connectivity index (χ2v) is 3.65. The highest BCUT2D eigenvalue weighted by molar-refractivity contribution is 5.46. The summed E-state index contributed by atoms with van der Waals surface area (Å²) in [4.78, 5) is 16.3. The molecule has 1 aromatic heterocycles. The zero-order valence-electron chi connectivity index (χ0n) is 10.3. The number of likely N-dealkylation sites (N-methyl/N-ethyl adjacent to an activating group) is 1. The van der Waals surface area contributed by atoms with Crippen LogP contribution in [0, 0.1) is 17.0 Å². The predicted octanol–water partition coefficient (Wildman–Crippen LogP) is 1.77. The Hall–Kier alpha value is -1.69. The molecule has 0 atom stereocenters. The SMILES string of the molecule is CCOCCN(C)c1ccc([N+](=O)[O-])c(C)n1. The van der Waals surface area contributed by atoms with E-state index in [1.54, 1.807) is 13.0 Å². The summed E-state index contributed by atoms with van der Waals surface area (Å²) >= 11 is 0. The fourth-order valence-corrected chi connectivity index (χ4v) is 1.41. The zero-order valence-corrected chi connectivity index (χ0v) is 10.3. The number of hydrogen-bond donors (Lipinski definition) is 0. The summed E-state index contributed by atoms with van der Waals surface area (Å²) in [7, 11) is 1.88. The van der Waals surface area contributed by atoms with Crippen molar-refractivity contribution in [3.63, 3.8) is 0 Å². The number of aryl methyl sites for hydroxylation is 1. The minimum Gasteiger partial charge on any atom is -0.380 e. The van der Waals surface area contributed by atoms with Gasteiger partial charge in [-0.3, -0.25) is 10.1 Å². The van der Waals surface area contributed by atoms with Crippen LogP contribution in [-0.2, 0) is 4.74 Å². The molecule has 0 saturated carbocycles. The van der Waals surface area contributed by atoms with Crippen molar-refractivity contribution >= 4 is 11.5 Å². The predicted molar refractivity (Wildman–Crippen MR) is 65.4 cm³/mol. The molecule has 0 aliphatic carbocycles. The largest absolute Gasteiger partial charge is 0.380 e. The first-order valence-corrected chi connectivity index (χ1v) is 5.47. The molecule has 0 bridgehead atoms. The van der Waals surface area contributed by atoms with E-state index in [2.05, 4.69) is 4.98 Å². The van der Waals surface area contributed by atoms with Crippen LogP contribution in [0.3, 0.4) is 0 Å². The molecule has 0 radical (unpaired) electrons. The lowest BCUT2D eigenvalue weighted by atomic mass is 10.3. The van der Waals surface area contributed by atoms with Gasteiger partial charge in [0, 0.05) is 26.3 Å². The molecule has 0 spiro atoms. The molecule has 6 nitrogen and oxygen atoms in total. The van der Waals surface area contributed by atoms with Gasteiger partial charge in [0.1, 0.15) is 11.5 Å². The van der Waals surface area contributed by atoms with Gasteiger partial charge in [0.25, 0.3) is 5.69 Å². The Morgan fingerprint density at radius 1 is 1.53 bits per heavy atom. The van der Waals surface area contributed by atoms with E-state index in [1.165, 1.54) is 6.07 Å². The van der Waals surface area contributed by atoms with Crippen molar-refractivity contribution in [2.75, 3.05) is 31.7 Å².